The van der Waals surface area contributed by atoms with Gasteiger partial charge in [-0.1, -0.05) is 13.8 Å². The molecule has 1 aliphatic carbocycles. The van der Waals surface area contributed by atoms with Gasteiger partial charge in [0, 0.05) is 38.5 Å². The fourth-order valence-electron chi connectivity index (χ4n) is 2.83. The first kappa shape index (κ1) is 14.8. The van der Waals surface area contributed by atoms with Crippen LogP contribution in [0, 0.1) is 0 Å². The van der Waals surface area contributed by atoms with Crippen LogP contribution >= 0.6 is 0 Å². The zero-order chi connectivity index (χ0) is 14.8. The van der Waals surface area contributed by atoms with Gasteiger partial charge in [0.2, 0.25) is 0 Å². The second-order valence-corrected chi connectivity index (χ2v) is 6.66. The summed E-state index contributed by atoms with van der Waals surface area (Å²) in [7, 11) is 1.80. The van der Waals surface area contributed by atoms with E-state index in [9.17, 15) is 0 Å². The normalized spacial score (nSPS) is 22.3. The molecular weight excluding hydrogens is 262 g/mol. The number of methoxy groups -OCH3 is 1. The molecule has 1 aliphatic heterocycles. The van der Waals surface area contributed by atoms with Crippen LogP contribution in [0.25, 0.3) is 0 Å². The van der Waals surface area contributed by atoms with E-state index in [1.54, 1.807) is 7.11 Å². The van der Waals surface area contributed by atoms with Crippen LogP contribution in [-0.4, -0.2) is 37.3 Å². The lowest BCUT2D eigenvalue weighted by Gasteiger charge is -2.20. The summed E-state index contributed by atoms with van der Waals surface area (Å²) in [5, 5.41) is 3.61. The average Bonchev–Trinajstić information content (AvgIpc) is 3.19. The highest BCUT2D eigenvalue weighted by atomic mass is 16.5. The van der Waals surface area contributed by atoms with Gasteiger partial charge in [-0.05, 0) is 42.9 Å². The van der Waals surface area contributed by atoms with E-state index in [-0.39, 0.29) is 0 Å². The number of ether oxygens (including phenoxy) is 1. The number of aromatic nitrogens is 1. The zero-order valence-electron chi connectivity index (χ0n) is 13.4. The van der Waals surface area contributed by atoms with Crippen LogP contribution in [0.3, 0.4) is 0 Å². The molecule has 1 unspecified atom stereocenters. The van der Waals surface area contributed by atoms with Gasteiger partial charge < -0.3 is 15.0 Å². The third kappa shape index (κ3) is 3.74. The highest BCUT2D eigenvalue weighted by Crippen LogP contribution is 2.25. The van der Waals surface area contributed by atoms with Crippen molar-refractivity contribution in [3.63, 3.8) is 0 Å². The van der Waals surface area contributed by atoms with E-state index < -0.39 is 0 Å². The summed E-state index contributed by atoms with van der Waals surface area (Å²) < 4.78 is 5.48. The molecule has 4 nitrogen and oxygen atoms in total. The Labute approximate surface area is 127 Å². The molecule has 0 spiro atoms. The molecule has 4 heteroatoms. The Kier molecular flexibility index (Phi) is 4.45. The van der Waals surface area contributed by atoms with Crippen LogP contribution in [0.2, 0.25) is 0 Å². The number of anilines is 1. The molecule has 2 heterocycles. The molecule has 21 heavy (non-hydrogen) atoms. The highest BCUT2D eigenvalue weighted by molar-refractivity contribution is 5.44. The van der Waals surface area contributed by atoms with E-state index in [0.717, 1.165) is 37.9 Å². The van der Waals surface area contributed by atoms with Gasteiger partial charge in [0.25, 0.3) is 0 Å². The largest absolute Gasteiger partial charge is 0.380 e. The summed E-state index contributed by atoms with van der Waals surface area (Å²) in [5.41, 5.74) is 2.55. The molecule has 1 aromatic heterocycles. The van der Waals surface area contributed by atoms with Gasteiger partial charge in [0.05, 0.1) is 6.10 Å². The fourth-order valence-corrected chi connectivity index (χ4v) is 2.83. The Morgan fingerprint density at radius 1 is 1.33 bits per heavy atom. The number of pyridine rings is 1. The van der Waals surface area contributed by atoms with E-state index in [1.165, 1.54) is 24.1 Å². The summed E-state index contributed by atoms with van der Waals surface area (Å²) in [6.45, 7) is 7.39. The van der Waals surface area contributed by atoms with Gasteiger partial charge in [0.15, 0.2) is 0 Å². The molecule has 1 saturated carbocycles. The van der Waals surface area contributed by atoms with Crippen molar-refractivity contribution in [1.82, 2.24) is 10.3 Å². The summed E-state index contributed by atoms with van der Waals surface area (Å²) >= 11 is 0. The first-order valence-electron chi connectivity index (χ1n) is 8.17. The maximum absolute atomic E-state index is 5.48. The van der Waals surface area contributed by atoms with Crippen LogP contribution in [0.15, 0.2) is 12.1 Å². The molecule has 2 fully saturated rings. The molecule has 2 aliphatic rings. The minimum Gasteiger partial charge on any atom is -0.380 e. The van der Waals surface area contributed by atoms with E-state index in [0.29, 0.717) is 12.0 Å². The lowest BCUT2D eigenvalue weighted by molar-refractivity contribution is 0.121. The second kappa shape index (κ2) is 6.32. The van der Waals surface area contributed by atoms with Crippen molar-refractivity contribution in [1.29, 1.82) is 0 Å². The molecule has 1 aromatic rings. The minimum absolute atomic E-state index is 0.350. The van der Waals surface area contributed by atoms with Crippen LogP contribution in [0.5, 0.6) is 0 Å². The monoisotopic (exact) mass is 289 g/mol. The molecule has 1 atom stereocenters. The van der Waals surface area contributed by atoms with E-state index in [1.807, 2.05) is 0 Å². The molecule has 116 valence electrons. The molecule has 0 amide bonds. The predicted octanol–water partition coefficient (Wildman–Crippen LogP) is 2.68. The first-order chi connectivity index (χ1) is 10.2. The molecule has 1 saturated heterocycles. The van der Waals surface area contributed by atoms with Gasteiger partial charge >= 0.3 is 0 Å². The smallest absolute Gasteiger partial charge is 0.129 e. The second-order valence-electron chi connectivity index (χ2n) is 6.66. The standard InChI is InChI=1S/C17H27N3O/c1-12(2)16-8-13(10-18-14-4-5-14)9-17(19-16)20-7-6-15(11-20)21-3/h8-9,12,14-15,18H,4-7,10-11H2,1-3H3. The van der Waals surface area contributed by atoms with Gasteiger partial charge in [-0.3, -0.25) is 0 Å². The maximum Gasteiger partial charge on any atom is 0.129 e. The summed E-state index contributed by atoms with van der Waals surface area (Å²) in [6, 6.07) is 5.25. The SMILES string of the molecule is COC1CCN(c2cc(CNC3CC3)cc(C(C)C)n2)C1. The summed E-state index contributed by atoms with van der Waals surface area (Å²) in [6.07, 6.45) is 4.11. The van der Waals surface area contributed by atoms with Crippen molar-refractivity contribution in [2.45, 2.75) is 57.7 Å². The van der Waals surface area contributed by atoms with Gasteiger partial charge in [-0.15, -0.1) is 0 Å². The van der Waals surface area contributed by atoms with Crippen molar-refractivity contribution in [2.24, 2.45) is 0 Å². The third-order valence-corrected chi connectivity index (χ3v) is 4.46. The van der Waals surface area contributed by atoms with Gasteiger partial charge in [0.1, 0.15) is 5.82 Å². The topological polar surface area (TPSA) is 37.4 Å². The quantitative estimate of drug-likeness (QED) is 0.873. The van der Waals surface area contributed by atoms with Crippen LogP contribution in [-0.2, 0) is 11.3 Å². The van der Waals surface area contributed by atoms with Crippen LogP contribution in [0.1, 0.15) is 50.3 Å². The minimum atomic E-state index is 0.350. The van der Waals surface area contributed by atoms with Crippen LogP contribution < -0.4 is 10.2 Å². The van der Waals surface area contributed by atoms with E-state index in [2.05, 4.69) is 36.2 Å². The zero-order valence-corrected chi connectivity index (χ0v) is 13.4. The number of hydrogen-bond acceptors (Lipinski definition) is 4. The van der Waals surface area contributed by atoms with Crippen molar-refractivity contribution in [3.05, 3.63) is 23.4 Å². The number of nitrogens with zero attached hydrogens (tertiary/aromatic N) is 2. The Morgan fingerprint density at radius 2 is 2.14 bits per heavy atom. The Morgan fingerprint density at radius 3 is 2.76 bits per heavy atom. The van der Waals surface area contributed by atoms with Crippen molar-refractivity contribution >= 4 is 5.82 Å². The van der Waals surface area contributed by atoms with Crippen molar-refractivity contribution < 1.29 is 4.74 Å². The number of rotatable bonds is 6. The predicted molar refractivity (Wildman–Crippen MR) is 85.8 cm³/mol. The first-order valence-corrected chi connectivity index (χ1v) is 8.17. The molecule has 3 rings (SSSR count). The molecule has 1 N–H and O–H groups in total. The molecular formula is C17H27N3O. The van der Waals surface area contributed by atoms with E-state index >= 15 is 0 Å². The molecule has 0 radical (unpaired) electrons. The van der Waals surface area contributed by atoms with Gasteiger partial charge in [-0.25, -0.2) is 4.98 Å². The Bertz CT molecular complexity index is 485. The summed E-state index contributed by atoms with van der Waals surface area (Å²) in [4.78, 5) is 7.23. The van der Waals surface area contributed by atoms with Crippen molar-refractivity contribution in [3.8, 4) is 0 Å². The Balaban J connectivity index is 1.77. The highest BCUT2D eigenvalue weighted by Gasteiger charge is 2.24. The third-order valence-electron chi connectivity index (χ3n) is 4.46. The lowest BCUT2D eigenvalue weighted by atomic mass is 10.1. The molecule has 0 aromatic carbocycles. The lowest BCUT2D eigenvalue weighted by Crippen LogP contribution is -2.24. The molecule has 0 bridgehead atoms. The van der Waals surface area contributed by atoms with Crippen molar-refractivity contribution in [2.75, 3.05) is 25.1 Å². The summed E-state index contributed by atoms with van der Waals surface area (Å²) in [5.74, 6) is 1.58. The van der Waals surface area contributed by atoms with Gasteiger partial charge in [-0.2, -0.15) is 0 Å². The Hall–Kier alpha value is -1.13. The fraction of sp³-hybridized carbons (Fsp3) is 0.706. The average molecular weight is 289 g/mol. The van der Waals surface area contributed by atoms with E-state index in [4.69, 9.17) is 9.72 Å². The maximum atomic E-state index is 5.48. The van der Waals surface area contributed by atoms with Crippen LogP contribution in [0.4, 0.5) is 5.82 Å². The number of hydrogen-bond donors (Lipinski definition) is 1. The number of nitrogens with one attached hydrogen (secondary N) is 1.